The van der Waals surface area contributed by atoms with Gasteiger partial charge < -0.3 is 14.4 Å². The molecule has 0 aliphatic rings. The van der Waals surface area contributed by atoms with Crippen molar-refractivity contribution >= 4 is 23.7 Å². The Kier molecular flexibility index (Phi) is 5.97. The highest BCUT2D eigenvalue weighted by Crippen LogP contribution is 2.34. The lowest BCUT2D eigenvalue weighted by Gasteiger charge is -2.08. The fourth-order valence-corrected chi connectivity index (χ4v) is 2.11. The number of nitrogens with one attached hydrogen (secondary N) is 1. The molecular weight excluding hydrogens is 334 g/mol. The van der Waals surface area contributed by atoms with E-state index in [1.807, 2.05) is 0 Å². The number of nitrogens with zero attached hydrogens (tertiary/aromatic N) is 2. The smallest absolute Gasteiger partial charge is 0.260 e. The first kappa shape index (κ1) is 17.6. The topological polar surface area (TPSA) is 92.9 Å². The Balaban J connectivity index is 2.02. The van der Waals surface area contributed by atoms with Crippen molar-refractivity contribution < 1.29 is 14.6 Å². The highest BCUT2D eigenvalue weighted by Gasteiger charge is 2.08. The van der Waals surface area contributed by atoms with Crippen molar-refractivity contribution in [2.24, 2.45) is 5.10 Å². The van der Waals surface area contributed by atoms with Gasteiger partial charge in [0.2, 0.25) is 0 Å². The van der Waals surface area contributed by atoms with Crippen molar-refractivity contribution in [2.45, 2.75) is 13.5 Å². The molecule has 2 rings (SSSR count). The van der Waals surface area contributed by atoms with Gasteiger partial charge in [0.25, 0.3) is 11.5 Å². The van der Waals surface area contributed by atoms with E-state index in [-0.39, 0.29) is 28.6 Å². The molecule has 0 bridgehead atoms. The number of hydrazone groups is 1. The number of aromatic hydroxyl groups is 1. The van der Waals surface area contributed by atoms with Crippen molar-refractivity contribution in [3.63, 3.8) is 0 Å². The van der Waals surface area contributed by atoms with Crippen LogP contribution in [0, 0.1) is 0 Å². The first-order valence-corrected chi connectivity index (χ1v) is 7.51. The molecule has 1 aromatic heterocycles. The van der Waals surface area contributed by atoms with E-state index in [0.717, 1.165) is 0 Å². The Morgan fingerprint density at radius 3 is 2.96 bits per heavy atom. The monoisotopic (exact) mass is 349 g/mol. The van der Waals surface area contributed by atoms with Crippen LogP contribution in [0.4, 0.5) is 0 Å². The Hall–Kier alpha value is -2.80. The molecule has 0 aliphatic heterocycles. The SMILES string of the molecule is CCOc1cc(/C=N/NC(=O)Cn2ccccc2=O)cc(Cl)c1O. The standard InChI is InChI=1S/C16H16ClN3O4/c1-2-24-13-8-11(7-12(17)16(13)23)9-18-19-14(21)10-20-6-4-3-5-15(20)22/h3-9,23H,2,10H2,1H3,(H,19,21)/b18-9+. The van der Waals surface area contributed by atoms with Crippen LogP contribution in [-0.2, 0) is 11.3 Å². The number of pyridine rings is 1. The van der Waals surface area contributed by atoms with E-state index in [4.69, 9.17) is 16.3 Å². The number of phenolic OH excluding ortho intramolecular Hbond substituents is 1. The number of aromatic nitrogens is 1. The van der Waals surface area contributed by atoms with Gasteiger partial charge in [-0.2, -0.15) is 5.10 Å². The van der Waals surface area contributed by atoms with Gasteiger partial charge in [0, 0.05) is 12.3 Å². The Labute approximate surface area is 143 Å². The number of rotatable bonds is 6. The minimum Gasteiger partial charge on any atom is -0.503 e. The van der Waals surface area contributed by atoms with Crippen LogP contribution in [0.15, 0.2) is 46.4 Å². The van der Waals surface area contributed by atoms with Crippen LogP contribution < -0.4 is 15.7 Å². The average molecular weight is 350 g/mol. The lowest BCUT2D eigenvalue weighted by atomic mass is 10.2. The number of amides is 1. The maximum Gasteiger partial charge on any atom is 0.260 e. The zero-order valence-corrected chi connectivity index (χ0v) is 13.7. The molecule has 7 nitrogen and oxygen atoms in total. The Morgan fingerprint density at radius 2 is 2.25 bits per heavy atom. The van der Waals surface area contributed by atoms with Gasteiger partial charge in [-0.1, -0.05) is 17.7 Å². The predicted octanol–water partition coefficient (Wildman–Crippen LogP) is 1.76. The third-order valence-corrected chi connectivity index (χ3v) is 3.25. The molecule has 0 spiro atoms. The molecule has 0 atom stereocenters. The van der Waals surface area contributed by atoms with E-state index in [2.05, 4.69) is 10.5 Å². The van der Waals surface area contributed by atoms with Crippen LogP contribution in [-0.4, -0.2) is 28.4 Å². The number of phenols is 1. The summed E-state index contributed by atoms with van der Waals surface area (Å²) in [5.74, 6) is -0.369. The number of ether oxygens (including phenoxy) is 1. The second-order valence-electron chi connectivity index (χ2n) is 4.74. The quantitative estimate of drug-likeness (QED) is 0.614. The summed E-state index contributed by atoms with van der Waals surface area (Å²) in [5, 5.41) is 13.7. The molecule has 2 aromatic rings. The summed E-state index contributed by atoms with van der Waals surface area (Å²) in [6.45, 7) is 2.00. The molecule has 1 heterocycles. The van der Waals surface area contributed by atoms with E-state index in [0.29, 0.717) is 12.2 Å². The lowest BCUT2D eigenvalue weighted by molar-refractivity contribution is -0.121. The molecule has 0 radical (unpaired) electrons. The highest BCUT2D eigenvalue weighted by molar-refractivity contribution is 6.32. The molecule has 8 heteroatoms. The van der Waals surface area contributed by atoms with Crippen molar-refractivity contribution in [2.75, 3.05) is 6.61 Å². The predicted molar refractivity (Wildman–Crippen MR) is 90.7 cm³/mol. The zero-order valence-electron chi connectivity index (χ0n) is 12.9. The van der Waals surface area contributed by atoms with Crippen LogP contribution in [0.25, 0.3) is 0 Å². The van der Waals surface area contributed by atoms with Crippen LogP contribution in [0.3, 0.4) is 0 Å². The van der Waals surface area contributed by atoms with Crippen LogP contribution in [0.1, 0.15) is 12.5 Å². The number of hydrogen-bond acceptors (Lipinski definition) is 5. The number of carbonyl (C=O) groups excluding carboxylic acids is 1. The summed E-state index contributed by atoms with van der Waals surface area (Å²) in [5.41, 5.74) is 2.58. The zero-order chi connectivity index (χ0) is 17.5. The van der Waals surface area contributed by atoms with Gasteiger partial charge in [-0.3, -0.25) is 9.59 Å². The summed E-state index contributed by atoms with van der Waals surface area (Å²) >= 11 is 5.90. The van der Waals surface area contributed by atoms with Crippen LogP contribution in [0.2, 0.25) is 5.02 Å². The van der Waals surface area contributed by atoms with Gasteiger partial charge in [-0.25, -0.2) is 5.43 Å². The molecule has 0 unspecified atom stereocenters. The fraction of sp³-hybridized carbons (Fsp3) is 0.188. The molecule has 0 aliphatic carbocycles. The number of halogens is 1. The van der Waals surface area contributed by atoms with Gasteiger partial charge in [-0.15, -0.1) is 0 Å². The summed E-state index contributed by atoms with van der Waals surface area (Å²) in [7, 11) is 0. The third kappa shape index (κ3) is 4.60. The number of hydrogen-bond donors (Lipinski definition) is 2. The maximum atomic E-state index is 11.8. The molecule has 126 valence electrons. The molecule has 0 fully saturated rings. The first-order chi connectivity index (χ1) is 11.5. The normalized spacial score (nSPS) is 10.8. The molecule has 2 N–H and O–H groups in total. The van der Waals surface area contributed by atoms with E-state index in [1.165, 1.54) is 29.1 Å². The summed E-state index contributed by atoms with van der Waals surface area (Å²) < 4.78 is 6.52. The van der Waals surface area contributed by atoms with Gasteiger partial charge in [0.15, 0.2) is 11.5 Å². The highest BCUT2D eigenvalue weighted by atomic mass is 35.5. The van der Waals surface area contributed by atoms with Crippen LogP contribution in [0.5, 0.6) is 11.5 Å². The first-order valence-electron chi connectivity index (χ1n) is 7.14. The number of benzene rings is 1. The van der Waals surface area contributed by atoms with Gasteiger partial charge in [0.05, 0.1) is 17.8 Å². The second kappa shape index (κ2) is 8.16. The Bertz CT molecular complexity index is 817. The van der Waals surface area contributed by atoms with E-state index < -0.39 is 5.91 Å². The molecule has 0 saturated heterocycles. The molecule has 1 amide bonds. The van der Waals surface area contributed by atoms with Gasteiger partial charge >= 0.3 is 0 Å². The average Bonchev–Trinajstić information content (AvgIpc) is 2.54. The Morgan fingerprint density at radius 1 is 1.46 bits per heavy atom. The largest absolute Gasteiger partial charge is 0.503 e. The molecule has 1 aromatic carbocycles. The minimum atomic E-state index is -0.450. The van der Waals surface area contributed by atoms with Crippen LogP contribution >= 0.6 is 11.6 Å². The molecule has 0 saturated carbocycles. The van der Waals surface area contributed by atoms with Crippen molar-refractivity contribution in [3.05, 3.63) is 57.5 Å². The van der Waals surface area contributed by atoms with E-state index >= 15 is 0 Å². The molecule has 24 heavy (non-hydrogen) atoms. The van der Waals surface area contributed by atoms with E-state index in [1.54, 1.807) is 25.1 Å². The second-order valence-corrected chi connectivity index (χ2v) is 5.15. The minimum absolute atomic E-state index is 0.115. The third-order valence-electron chi connectivity index (χ3n) is 2.97. The number of carbonyl (C=O) groups is 1. The van der Waals surface area contributed by atoms with Crippen molar-refractivity contribution in [3.8, 4) is 11.5 Å². The lowest BCUT2D eigenvalue weighted by Crippen LogP contribution is -2.28. The molecular formula is C16H16ClN3O4. The van der Waals surface area contributed by atoms with Gasteiger partial charge in [-0.05, 0) is 30.7 Å². The summed E-state index contributed by atoms with van der Waals surface area (Å²) in [6, 6.07) is 7.65. The fourth-order valence-electron chi connectivity index (χ4n) is 1.89. The summed E-state index contributed by atoms with van der Waals surface area (Å²) in [4.78, 5) is 23.3. The maximum absolute atomic E-state index is 11.8. The van der Waals surface area contributed by atoms with Crippen molar-refractivity contribution in [1.29, 1.82) is 0 Å². The van der Waals surface area contributed by atoms with Crippen molar-refractivity contribution in [1.82, 2.24) is 9.99 Å². The van der Waals surface area contributed by atoms with E-state index in [9.17, 15) is 14.7 Å². The summed E-state index contributed by atoms with van der Waals surface area (Å²) in [6.07, 6.45) is 2.87. The van der Waals surface area contributed by atoms with Gasteiger partial charge in [0.1, 0.15) is 6.54 Å².